The summed E-state index contributed by atoms with van der Waals surface area (Å²) in [5, 5.41) is 3.30. The number of rotatable bonds is 4. The number of piperidine rings is 1. The maximum atomic E-state index is 4.63. The van der Waals surface area contributed by atoms with E-state index in [1.165, 1.54) is 44.5 Å². The van der Waals surface area contributed by atoms with Gasteiger partial charge in [-0.25, -0.2) is 4.98 Å². The van der Waals surface area contributed by atoms with Gasteiger partial charge in [0.2, 0.25) is 5.95 Å². The summed E-state index contributed by atoms with van der Waals surface area (Å²) >= 11 is 0. The summed E-state index contributed by atoms with van der Waals surface area (Å²) in [6.45, 7) is 3.48. The van der Waals surface area contributed by atoms with Crippen LogP contribution in [0.25, 0.3) is 0 Å². The molecule has 2 fully saturated rings. The molecule has 19 heavy (non-hydrogen) atoms. The first-order chi connectivity index (χ1) is 9.38. The Hall–Kier alpha value is -1.03. The second-order valence-electron chi connectivity index (χ2n) is 6.06. The van der Waals surface area contributed by atoms with Gasteiger partial charge in [-0.05, 0) is 45.2 Å². The van der Waals surface area contributed by atoms with E-state index in [0.717, 1.165) is 25.6 Å². The Labute approximate surface area is 116 Å². The molecule has 106 valence electrons. The third-order valence-corrected chi connectivity index (χ3v) is 4.76. The first-order valence-corrected chi connectivity index (χ1v) is 7.81. The zero-order valence-electron chi connectivity index (χ0n) is 12.0. The lowest BCUT2D eigenvalue weighted by atomic mass is 9.97. The second kappa shape index (κ2) is 5.95. The molecule has 0 bridgehead atoms. The summed E-state index contributed by atoms with van der Waals surface area (Å²) in [5.74, 6) is 2.06. The molecule has 4 nitrogen and oxygen atoms in total. The van der Waals surface area contributed by atoms with E-state index in [4.69, 9.17) is 0 Å². The Bertz CT molecular complexity index is 387. The first-order valence-electron chi connectivity index (χ1n) is 7.81. The standard InChI is InChI=1S/C15H26N4/c1-16-12-13-6-9-18(10-7-13)15-17-8-11-19(15)14-4-2-3-5-14/h8,11,13-14,16H,2-7,9-10,12H2,1H3. The first kappa shape index (κ1) is 13.0. The summed E-state index contributed by atoms with van der Waals surface area (Å²) in [5.41, 5.74) is 0. The molecule has 0 unspecified atom stereocenters. The monoisotopic (exact) mass is 262 g/mol. The van der Waals surface area contributed by atoms with E-state index in [2.05, 4.69) is 33.0 Å². The zero-order valence-corrected chi connectivity index (χ0v) is 12.0. The zero-order chi connectivity index (χ0) is 13.1. The number of hydrogen-bond acceptors (Lipinski definition) is 3. The lowest BCUT2D eigenvalue weighted by molar-refractivity contribution is 0.385. The van der Waals surface area contributed by atoms with Gasteiger partial charge in [-0.15, -0.1) is 0 Å². The minimum atomic E-state index is 0.701. The summed E-state index contributed by atoms with van der Waals surface area (Å²) in [6.07, 6.45) is 12.2. The Kier molecular flexibility index (Phi) is 4.06. The molecular weight excluding hydrogens is 236 g/mol. The normalized spacial score (nSPS) is 22.3. The highest BCUT2D eigenvalue weighted by Gasteiger charge is 2.25. The van der Waals surface area contributed by atoms with Gasteiger partial charge in [-0.2, -0.15) is 0 Å². The average Bonchev–Trinajstić information content (AvgIpc) is 3.11. The van der Waals surface area contributed by atoms with Crippen LogP contribution in [0.2, 0.25) is 0 Å². The van der Waals surface area contributed by atoms with Crippen molar-refractivity contribution in [2.45, 2.75) is 44.6 Å². The molecule has 1 saturated heterocycles. The maximum absolute atomic E-state index is 4.63. The van der Waals surface area contributed by atoms with Gasteiger partial charge in [0, 0.05) is 31.5 Å². The van der Waals surface area contributed by atoms with E-state index in [1.807, 2.05) is 6.20 Å². The molecule has 0 aromatic carbocycles. The number of nitrogens with zero attached hydrogens (tertiary/aromatic N) is 3. The van der Waals surface area contributed by atoms with Crippen LogP contribution in [0.1, 0.15) is 44.6 Å². The maximum Gasteiger partial charge on any atom is 0.205 e. The topological polar surface area (TPSA) is 33.1 Å². The van der Waals surface area contributed by atoms with E-state index < -0.39 is 0 Å². The van der Waals surface area contributed by atoms with E-state index in [9.17, 15) is 0 Å². The van der Waals surface area contributed by atoms with Gasteiger partial charge in [0.1, 0.15) is 0 Å². The highest BCUT2D eigenvalue weighted by atomic mass is 15.3. The summed E-state index contributed by atoms with van der Waals surface area (Å²) < 4.78 is 2.44. The van der Waals surface area contributed by atoms with Crippen LogP contribution in [-0.4, -0.2) is 36.2 Å². The molecule has 2 heterocycles. The van der Waals surface area contributed by atoms with E-state index >= 15 is 0 Å². The fourth-order valence-electron chi connectivity index (χ4n) is 3.64. The lowest BCUT2D eigenvalue weighted by Gasteiger charge is -2.33. The van der Waals surface area contributed by atoms with Gasteiger partial charge < -0.3 is 14.8 Å². The Morgan fingerprint density at radius 2 is 1.95 bits per heavy atom. The quantitative estimate of drug-likeness (QED) is 0.904. The predicted molar refractivity (Wildman–Crippen MR) is 78.6 cm³/mol. The van der Waals surface area contributed by atoms with E-state index in [-0.39, 0.29) is 0 Å². The molecule has 1 N–H and O–H groups in total. The molecule has 1 aliphatic heterocycles. The molecule has 1 aromatic heterocycles. The minimum absolute atomic E-state index is 0.701. The highest BCUT2D eigenvalue weighted by Crippen LogP contribution is 2.33. The number of nitrogens with one attached hydrogen (secondary N) is 1. The Morgan fingerprint density at radius 3 is 2.63 bits per heavy atom. The lowest BCUT2D eigenvalue weighted by Crippen LogP contribution is -2.38. The highest BCUT2D eigenvalue weighted by molar-refractivity contribution is 5.32. The van der Waals surface area contributed by atoms with Crippen molar-refractivity contribution in [1.82, 2.24) is 14.9 Å². The van der Waals surface area contributed by atoms with Crippen molar-refractivity contribution in [3.05, 3.63) is 12.4 Å². The smallest absolute Gasteiger partial charge is 0.205 e. The van der Waals surface area contributed by atoms with E-state index in [1.54, 1.807) is 0 Å². The average molecular weight is 262 g/mol. The molecule has 0 amide bonds. The summed E-state index contributed by atoms with van der Waals surface area (Å²) in [7, 11) is 2.05. The molecule has 1 aliphatic carbocycles. The molecule has 0 radical (unpaired) electrons. The molecule has 3 rings (SSSR count). The van der Waals surface area contributed by atoms with Crippen molar-refractivity contribution in [2.24, 2.45) is 5.92 Å². The van der Waals surface area contributed by atoms with Crippen LogP contribution in [0, 0.1) is 5.92 Å². The third kappa shape index (κ3) is 2.78. The third-order valence-electron chi connectivity index (χ3n) is 4.76. The van der Waals surface area contributed by atoms with Crippen molar-refractivity contribution in [3.63, 3.8) is 0 Å². The number of imidazole rings is 1. The van der Waals surface area contributed by atoms with Gasteiger partial charge in [0.05, 0.1) is 0 Å². The van der Waals surface area contributed by atoms with Gasteiger partial charge in [-0.3, -0.25) is 0 Å². The van der Waals surface area contributed by atoms with Crippen LogP contribution >= 0.6 is 0 Å². The van der Waals surface area contributed by atoms with Gasteiger partial charge in [-0.1, -0.05) is 12.8 Å². The number of hydrogen-bond donors (Lipinski definition) is 1. The summed E-state index contributed by atoms with van der Waals surface area (Å²) in [4.78, 5) is 7.12. The number of aromatic nitrogens is 2. The Morgan fingerprint density at radius 1 is 1.21 bits per heavy atom. The van der Waals surface area contributed by atoms with Crippen molar-refractivity contribution in [2.75, 3.05) is 31.6 Å². The van der Waals surface area contributed by atoms with Gasteiger partial charge in [0.25, 0.3) is 0 Å². The molecule has 4 heteroatoms. The largest absolute Gasteiger partial charge is 0.342 e. The SMILES string of the molecule is CNCC1CCN(c2nccn2C2CCCC2)CC1. The molecule has 0 spiro atoms. The minimum Gasteiger partial charge on any atom is -0.342 e. The van der Waals surface area contributed by atoms with Crippen molar-refractivity contribution < 1.29 is 0 Å². The second-order valence-corrected chi connectivity index (χ2v) is 6.06. The number of anilines is 1. The predicted octanol–water partition coefficient (Wildman–Crippen LogP) is 2.43. The molecular formula is C15H26N4. The molecule has 0 atom stereocenters. The molecule has 1 aromatic rings. The van der Waals surface area contributed by atoms with E-state index in [0.29, 0.717) is 6.04 Å². The molecule has 1 saturated carbocycles. The summed E-state index contributed by atoms with van der Waals surface area (Å²) in [6, 6.07) is 0.701. The van der Waals surface area contributed by atoms with Gasteiger partial charge >= 0.3 is 0 Å². The van der Waals surface area contributed by atoms with Crippen molar-refractivity contribution in [3.8, 4) is 0 Å². The Balaban J connectivity index is 1.65. The van der Waals surface area contributed by atoms with Crippen LogP contribution in [0.5, 0.6) is 0 Å². The van der Waals surface area contributed by atoms with Crippen LogP contribution in [0.4, 0.5) is 5.95 Å². The molecule has 2 aliphatic rings. The van der Waals surface area contributed by atoms with Crippen molar-refractivity contribution >= 4 is 5.95 Å². The van der Waals surface area contributed by atoms with Crippen LogP contribution in [-0.2, 0) is 0 Å². The van der Waals surface area contributed by atoms with Crippen molar-refractivity contribution in [1.29, 1.82) is 0 Å². The van der Waals surface area contributed by atoms with Crippen LogP contribution in [0.3, 0.4) is 0 Å². The van der Waals surface area contributed by atoms with Crippen LogP contribution in [0.15, 0.2) is 12.4 Å². The fourth-order valence-corrected chi connectivity index (χ4v) is 3.64. The van der Waals surface area contributed by atoms with Gasteiger partial charge in [0.15, 0.2) is 0 Å². The fraction of sp³-hybridized carbons (Fsp3) is 0.800. The van der Waals surface area contributed by atoms with Crippen LogP contribution < -0.4 is 10.2 Å².